The second kappa shape index (κ2) is 3.13. The topological polar surface area (TPSA) is 13.1 Å². The normalized spacial score (nSPS) is 10.8. The third kappa shape index (κ3) is 1.76. The molecule has 0 unspecified atom stereocenters. The van der Waals surface area contributed by atoms with E-state index in [1.54, 1.807) is 6.26 Å². The molecule has 0 saturated carbocycles. The van der Waals surface area contributed by atoms with Crippen molar-refractivity contribution in [3.8, 4) is 0 Å². The van der Waals surface area contributed by atoms with Gasteiger partial charge < -0.3 is 4.42 Å². The van der Waals surface area contributed by atoms with E-state index in [2.05, 4.69) is 6.08 Å². The van der Waals surface area contributed by atoms with Crippen molar-refractivity contribution in [2.45, 2.75) is 13.3 Å². The standard InChI is InChI=1S/C8H10O/c1-2-3-5-8-6-4-7-9-8/h2-4,6-7H,5H2,1H3/b3-2+. The van der Waals surface area contributed by atoms with Crippen LogP contribution in [0.4, 0.5) is 0 Å². The number of allylic oxidation sites excluding steroid dienone is 2. The molecule has 1 nitrogen and oxygen atoms in total. The summed E-state index contributed by atoms with van der Waals surface area (Å²) in [5.74, 6) is 1.02. The molecule has 1 aromatic heterocycles. The minimum Gasteiger partial charge on any atom is -0.469 e. The molecule has 0 N–H and O–H groups in total. The predicted octanol–water partition coefficient (Wildman–Crippen LogP) is 2.40. The molecule has 0 saturated heterocycles. The molecule has 1 rings (SSSR count). The van der Waals surface area contributed by atoms with E-state index in [1.807, 2.05) is 25.1 Å². The Morgan fingerprint density at radius 2 is 2.56 bits per heavy atom. The van der Waals surface area contributed by atoms with Crippen LogP contribution in [0.5, 0.6) is 0 Å². The van der Waals surface area contributed by atoms with E-state index in [0.29, 0.717) is 0 Å². The zero-order valence-corrected chi connectivity index (χ0v) is 5.50. The molecule has 0 spiro atoms. The molecule has 0 aliphatic rings. The van der Waals surface area contributed by atoms with Gasteiger partial charge in [-0.25, -0.2) is 0 Å². The van der Waals surface area contributed by atoms with Gasteiger partial charge in [0.1, 0.15) is 5.76 Å². The number of rotatable bonds is 2. The van der Waals surface area contributed by atoms with Gasteiger partial charge in [-0.15, -0.1) is 0 Å². The molecule has 0 aromatic carbocycles. The summed E-state index contributed by atoms with van der Waals surface area (Å²) in [7, 11) is 0. The van der Waals surface area contributed by atoms with Crippen molar-refractivity contribution in [1.82, 2.24) is 0 Å². The first-order valence-corrected chi connectivity index (χ1v) is 3.07. The van der Waals surface area contributed by atoms with Gasteiger partial charge in [-0.1, -0.05) is 12.2 Å². The second-order valence-corrected chi connectivity index (χ2v) is 1.85. The van der Waals surface area contributed by atoms with Crippen molar-refractivity contribution in [1.29, 1.82) is 0 Å². The summed E-state index contributed by atoms with van der Waals surface area (Å²) in [4.78, 5) is 0. The summed E-state index contributed by atoms with van der Waals surface area (Å²) in [5.41, 5.74) is 0. The average Bonchev–Trinajstić information content (AvgIpc) is 2.34. The zero-order valence-electron chi connectivity index (χ0n) is 5.50. The Balaban J connectivity index is 2.48. The number of hydrogen-bond acceptors (Lipinski definition) is 1. The highest BCUT2D eigenvalue weighted by molar-refractivity contribution is 5.02. The maximum absolute atomic E-state index is 5.08. The van der Waals surface area contributed by atoms with Gasteiger partial charge in [-0.2, -0.15) is 0 Å². The average molecular weight is 122 g/mol. The lowest BCUT2D eigenvalue weighted by molar-refractivity contribution is 0.523. The Hall–Kier alpha value is -0.980. The summed E-state index contributed by atoms with van der Waals surface area (Å²) in [6, 6.07) is 3.87. The fourth-order valence-corrected chi connectivity index (χ4v) is 0.663. The van der Waals surface area contributed by atoms with Crippen molar-refractivity contribution in [2.24, 2.45) is 0 Å². The van der Waals surface area contributed by atoms with Crippen LogP contribution >= 0.6 is 0 Å². The van der Waals surface area contributed by atoms with E-state index in [0.717, 1.165) is 12.2 Å². The van der Waals surface area contributed by atoms with Gasteiger partial charge in [0, 0.05) is 6.42 Å². The van der Waals surface area contributed by atoms with Crippen molar-refractivity contribution in [2.75, 3.05) is 0 Å². The lowest BCUT2D eigenvalue weighted by Gasteiger charge is -1.83. The van der Waals surface area contributed by atoms with Crippen molar-refractivity contribution in [3.63, 3.8) is 0 Å². The predicted molar refractivity (Wildman–Crippen MR) is 37.2 cm³/mol. The van der Waals surface area contributed by atoms with Gasteiger partial charge in [0.05, 0.1) is 6.26 Å². The highest BCUT2D eigenvalue weighted by Gasteiger charge is 1.87. The Morgan fingerprint density at radius 1 is 1.67 bits per heavy atom. The summed E-state index contributed by atoms with van der Waals surface area (Å²) in [5, 5.41) is 0. The first-order chi connectivity index (χ1) is 4.43. The Bertz CT molecular complexity index is 172. The Kier molecular flexibility index (Phi) is 2.13. The molecule has 1 aromatic rings. The maximum Gasteiger partial charge on any atom is 0.107 e. The second-order valence-electron chi connectivity index (χ2n) is 1.85. The van der Waals surface area contributed by atoms with Crippen molar-refractivity contribution in [3.05, 3.63) is 36.3 Å². The molecule has 0 radical (unpaired) electrons. The molecule has 48 valence electrons. The summed E-state index contributed by atoms with van der Waals surface area (Å²) in [6.07, 6.45) is 6.68. The van der Waals surface area contributed by atoms with Crippen LogP contribution in [0.1, 0.15) is 12.7 Å². The Morgan fingerprint density at radius 3 is 3.11 bits per heavy atom. The molecule has 0 atom stereocenters. The summed E-state index contributed by atoms with van der Waals surface area (Å²) in [6.45, 7) is 2.00. The Labute approximate surface area is 55.0 Å². The molecular formula is C8H10O. The van der Waals surface area contributed by atoms with Crippen LogP contribution in [0.3, 0.4) is 0 Å². The highest BCUT2D eigenvalue weighted by Crippen LogP contribution is 2.00. The SMILES string of the molecule is C/C=C/Cc1ccco1. The van der Waals surface area contributed by atoms with Crippen LogP contribution in [0.25, 0.3) is 0 Å². The van der Waals surface area contributed by atoms with Crippen LogP contribution in [-0.2, 0) is 6.42 Å². The van der Waals surface area contributed by atoms with Crippen molar-refractivity contribution < 1.29 is 4.42 Å². The van der Waals surface area contributed by atoms with Gasteiger partial charge in [0.25, 0.3) is 0 Å². The minimum absolute atomic E-state index is 0.906. The first kappa shape index (κ1) is 6.14. The van der Waals surface area contributed by atoms with Crippen LogP contribution in [-0.4, -0.2) is 0 Å². The molecule has 9 heavy (non-hydrogen) atoms. The van der Waals surface area contributed by atoms with Crippen LogP contribution in [0, 0.1) is 0 Å². The third-order valence-electron chi connectivity index (χ3n) is 1.13. The van der Waals surface area contributed by atoms with Gasteiger partial charge >= 0.3 is 0 Å². The van der Waals surface area contributed by atoms with Crippen LogP contribution in [0.15, 0.2) is 35.0 Å². The van der Waals surface area contributed by atoms with E-state index in [1.165, 1.54) is 0 Å². The molecule has 0 aliphatic carbocycles. The van der Waals surface area contributed by atoms with Gasteiger partial charge in [-0.3, -0.25) is 0 Å². The fourth-order valence-electron chi connectivity index (χ4n) is 0.663. The van der Waals surface area contributed by atoms with E-state index in [-0.39, 0.29) is 0 Å². The van der Waals surface area contributed by atoms with Gasteiger partial charge in [0.2, 0.25) is 0 Å². The highest BCUT2D eigenvalue weighted by atomic mass is 16.3. The lowest BCUT2D eigenvalue weighted by atomic mass is 10.3. The molecule has 0 amide bonds. The van der Waals surface area contributed by atoms with Crippen LogP contribution < -0.4 is 0 Å². The molecular weight excluding hydrogens is 112 g/mol. The summed E-state index contributed by atoms with van der Waals surface area (Å²) < 4.78 is 5.08. The van der Waals surface area contributed by atoms with Gasteiger partial charge in [-0.05, 0) is 19.1 Å². The van der Waals surface area contributed by atoms with Crippen LogP contribution in [0.2, 0.25) is 0 Å². The number of furan rings is 1. The zero-order chi connectivity index (χ0) is 6.53. The quantitative estimate of drug-likeness (QED) is 0.549. The number of hydrogen-bond donors (Lipinski definition) is 0. The van der Waals surface area contributed by atoms with E-state index in [9.17, 15) is 0 Å². The molecule has 1 heteroatoms. The molecule has 0 bridgehead atoms. The third-order valence-corrected chi connectivity index (χ3v) is 1.13. The molecule has 0 fully saturated rings. The largest absolute Gasteiger partial charge is 0.469 e. The maximum atomic E-state index is 5.08. The lowest BCUT2D eigenvalue weighted by Crippen LogP contribution is -1.71. The molecule has 1 heterocycles. The van der Waals surface area contributed by atoms with E-state index >= 15 is 0 Å². The summed E-state index contributed by atoms with van der Waals surface area (Å²) >= 11 is 0. The first-order valence-electron chi connectivity index (χ1n) is 3.07. The van der Waals surface area contributed by atoms with E-state index < -0.39 is 0 Å². The monoisotopic (exact) mass is 122 g/mol. The van der Waals surface area contributed by atoms with Gasteiger partial charge in [0.15, 0.2) is 0 Å². The van der Waals surface area contributed by atoms with Crippen molar-refractivity contribution >= 4 is 0 Å². The fraction of sp³-hybridized carbons (Fsp3) is 0.250. The minimum atomic E-state index is 0.906. The van der Waals surface area contributed by atoms with E-state index in [4.69, 9.17) is 4.42 Å². The molecule has 0 aliphatic heterocycles. The smallest absolute Gasteiger partial charge is 0.107 e.